The molecule has 3 heteroatoms. The molecular weight excluding hydrogens is 176 g/mol. The molecule has 0 amide bonds. The van der Waals surface area contributed by atoms with Gasteiger partial charge in [0.2, 0.25) is 5.43 Å². The van der Waals surface area contributed by atoms with Crippen molar-refractivity contribution in [1.82, 2.24) is 9.78 Å². The summed E-state index contributed by atoms with van der Waals surface area (Å²) in [6, 6.07) is 5.43. The van der Waals surface area contributed by atoms with Crippen LogP contribution in [0.25, 0.3) is 10.9 Å². The first kappa shape index (κ1) is 8.94. The standard InChI is InChI=1S/C11H12N2O/c1-7-4-5-10(14)11-9(6-7)8(2)12-13(11)3/h4-6H,1-3H3. The van der Waals surface area contributed by atoms with E-state index in [0.717, 1.165) is 16.6 Å². The van der Waals surface area contributed by atoms with Gasteiger partial charge in [-0.3, -0.25) is 9.48 Å². The number of hydrogen-bond acceptors (Lipinski definition) is 2. The number of nitrogens with zero attached hydrogens (tertiary/aromatic N) is 2. The fraction of sp³-hybridized carbons (Fsp3) is 0.273. The Kier molecular flexibility index (Phi) is 1.88. The molecule has 2 rings (SSSR count). The lowest BCUT2D eigenvalue weighted by Gasteiger charge is -1.86. The van der Waals surface area contributed by atoms with Crippen LogP contribution >= 0.6 is 0 Å². The zero-order valence-corrected chi connectivity index (χ0v) is 8.53. The van der Waals surface area contributed by atoms with E-state index in [1.807, 2.05) is 26.0 Å². The van der Waals surface area contributed by atoms with Crippen molar-refractivity contribution < 1.29 is 0 Å². The summed E-state index contributed by atoms with van der Waals surface area (Å²) in [5.41, 5.74) is 2.68. The maximum absolute atomic E-state index is 11.7. The maximum Gasteiger partial charge on any atom is 0.204 e. The first-order valence-corrected chi connectivity index (χ1v) is 4.54. The van der Waals surface area contributed by atoms with Gasteiger partial charge in [-0.15, -0.1) is 0 Å². The summed E-state index contributed by atoms with van der Waals surface area (Å²) in [6.07, 6.45) is 0. The van der Waals surface area contributed by atoms with E-state index in [9.17, 15) is 4.79 Å². The Morgan fingerprint density at radius 1 is 1.29 bits per heavy atom. The van der Waals surface area contributed by atoms with Crippen molar-refractivity contribution in [2.45, 2.75) is 13.8 Å². The molecule has 0 bridgehead atoms. The molecule has 2 aromatic rings. The van der Waals surface area contributed by atoms with Crippen molar-refractivity contribution in [3.8, 4) is 0 Å². The highest BCUT2D eigenvalue weighted by molar-refractivity contribution is 5.81. The summed E-state index contributed by atoms with van der Waals surface area (Å²) < 4.78 is 1.65. The second-order valence-electron chi connectivity index (χ2n) is 3.56. The van der Waals surface area contributed by atoms with Gasteiger partial charge in [0, 0.05) is 12.4 Å². The van der Waals surface area contributed by atoms with Crippen molar-refractivity contribution in [2.24, 2.45) is 7.05 Å². The van der Waals surface area contributed by atoms with Gasteiger partial charge in [-0.25, -0.2) is 0 Å². The molecule has 0 aliphatic heterocycles. The van der Waals surface area contributed by atoms with E-state index >= 15 is 0 Å². The Hall–Kier alpha value is -1.64. The van der Waals surface area contributed by atoms with Gasteiger partial charge in [0.05, 0.1) is 5.69 Å². The summed E-state index contributed by atoms with van der Waals surface area (Å²) in [7, 11) is 1.80. The molecule has 0 aliphatic rings. The largest absolute Gasteiger partial charge is 0.288 e. The van der Waals surface area contributed by atoms with Crippen LogP contribution in [0.1, 0.15) is 11.3 Å². The smallest absolute Gasteiger partial charge is 0.204 e. The average molecular weight is 188 g/mol. The zero-order valence-electron chi connectivity index (χ0n) is 8.53. The molecule has 14 heavy (non-hydrogen) atoms. The van der Waals surface area contributed by atoms with Gasteiger partial charge < -0.3 is 0 Å². The molecule has 0 saturated heterocycles. The third-order valence-corrected chi connectivity index (χ3v) is 2.37. The van der Waals surface area contributed by atoms with Gasteiger partial charge in [-0.1, -0.05) is 11.6 Å². The number of aromatic nitrogens is 2. The first-order valence-electron chi connectivity index (χ1n) is 4.54. The highest BCUT2D eigenvalue weighted by atomic mass is 16.1. The van der Waals surface area contributed by atoms with Crippen molar-refractivity contribution >= 4 is 10.9 Å². The SMILES string of the molecule is Cc1ccc(=O)c2c(c1)c(C)nn2C. The van der Waals surface area contributed by atoms with Crippen LogP contribution in [-0.4, -0.2) is 9.78 Å². The average Bonchev–Trinajstić information content (AvgIpc) is 2.31. The lowest BCUT2D eigenvalue weighted by molar-refractivity contribution is 0.781. The predicted molar refractivity (Wildman–Crippen MR) is 56.5 cm³/mol. The Morgan fingerprint density at radius 3 is 2.71 bits per heavy atom. The highest BCUT2D eigenvalue weighted by Gasteiger charge is 2.06. The summed E-state index contributed by atoms with van der Waals surface area (Å²) in [4.78, 5) is 11.7. The Bertz CT molecular complexity index is 555. The minimum Gasteiger partial charge on any atom is -0.288 e. The number of aryl methyl sites for hydroxylation is 3. The molecule has 0 saturated carbocycles. The van der Waals surface area contributed by atoms with E-state index in [-0.39, 0.29) is 5.43 Å². The quantitative estimate of drug-likeness (QED) is 0.628. The Labute approximate surface area is 82.0 Å². The Morgan fingerprint density at radius 2 is 2.00 bits per heavy atom. The molecule has 0 N–H and O–H groups in total. The fourth-order valence-corrected chi connectivity index (χ4v) is 1.70. The van der Waals surface area contributed by atoms with Crippen molar-refractivity contribution in [3.63, 3.8) is 0 Å². The predicted octanol–water partition coefficient (Wildman–Crippen LogP) is 1.55. The molecule has 0 fully saturated rings. The molecular formula is C11H12N2O. The van der Waals surface area contributed by atoms with Crippen LogP contribution in [0.2, 0.25) is 0 Å². The number of rotatable bonds is 0. The van der Waals surface area contributed by atoms with Crippen LogP contribution in [0.15, 0.2) is 23.0 Å². The summed E-state index contributed by atoms with van der Waals surface area (Å²) in [6.45, 7) is 3.90. The summed E-state index contributed by atoms with van der Waals surface area (Å²) in [5.74, 6) is 0. The minimum absolute atomic E-state index is 0.0243. The van der Waals surface area contributed by atoms with Crippen LogP contribution < -0.4 is 5.43 Å². The molecule has 0 atom stereocenters. The second-order valence-corrected chi connectivity index (χ2v) is 3.56. The molecule has 1 aromatic heterocycles. The molecule has 0 spiro atoms. The highest BCUT2D eigenvalue weighted by Crippen LogP contribution is 2.13. The third-order valence-electron chi connectivity index (χ3n) is 2.37. The van der Waals surface area contributed by atoms with Crippen molar-refractivity contribution in [3.05, 3.63) is 39.7 Å². The second kappa shape index (κ2) is 2.94. The van der Waals surface area contributed by atoms with Crippen LogP contribution in [0.5, 0.6) is 0 Å². The van der Waals surface area contributed by atoms with E-state index in [0.29, 0.717) is 5.52 Å². The first-order chi connectivity index (χ1) is 6.59. The number of fused-ring (bicyclic) bond motifs is 1. The normalized spacial score (nSPS) is 10.8. The van der Waals surface area contributed by atoms with Gasteiger partial charge in [-0.05, 0) is 26.0 Å². The van der Waals surface area contributed by atoms with E-state index in [2.05, 4.69) is 5.10 Å². The van der Waals surface area contributed by atoms with Gasteiger partial charge in [-0.2, -0.15) is 5.10 Å². The van der Waals surface area contributed by atoms with Crippen LogP contribution in [0.3, 0.4) is 0 Å². The summed E-state index contributed by atoms with van der Waals surface area (Å²) >= 11 is 0. The fourth-order valence-electron chi connectivity index (χ4n) is 1.70. The molecule has 3 nitrogen and oxygen atoms in total. The minimum atomic E-state index is 0.0243. The van der Waals surface area contributed by atoms with E-state index < -0.39 is 0 Å². The molecule has 1 aromatic carbocycles. The lowest BCUT2D eigenvalue weighted by atomic mass is 10.2. The molecule has 1 heterocycles. The van der Waals surface area contributed by atoms with E-state index in [1.165, 1.54) is 0 Å². The maximum atomic E-state index is 11.7. The van der Waals surface area contributed by atoms with E-state index in [1.54, 1.807) is 17.8 Å². The molecule has 0 radical (unpaired) electrons. The summed E-state index contributed by atoms with van der Waals surface area (Å²) in [5, 5.41) is 5.18. The van der Waals surface area contributed by atoms with Crippen molar-refractivity contribution in [1.29, 1.82) is 0 Å². The van der Waals surface area contributed by atoms with Crippen LogP contribution in [0.4, 0.5) is 0 Å². The zero-order chi connectivity index (χ0) is 10.3. The lowest BCUT2D eigenvalue weighted by Crippen LogP contribution is -2.01. The molecule has 72 valence electrons. The van der Waals surface area contributed by atoms with Gasteiger partial charge in [0.25, 0.3) is 0 Å². The molecule has 0 unspecified atom stereocenters. The van der Waals surface area contributed by atoms with Crippen molar-refractivity contribution in [2.75, 3.05) is 0 Å². The van der Waals surface area contributed by atoms with Gasteiger partial charge in [0.15, 0.2) is 0 Å². The van der Waals surface area contributed by atoms with Gasteiger partial charge >= 0.3 is 0 Å². The number of hydrogen-bond donors (Lipinski definition) is 0. The van der Waals surface area contributed by atoms with Gasteiger partial charge in [0.1, 0.15) is 5.52 Å². The Balaban J connectivity index is 3.11. The monoisotopic (exact) mass is 188 g/mol. The third kappa shape index (κ3) is 1.21. The molecule has 0 aliphatic carbocycles. The van der Waals surface area contributed by atoms with E-state index in [4.69, 9.17) is 0 Å². The van der Waals surface area contributed by atoms with Crippen LogP contribution in [0, 0.1) is 13.8 Å². The topological polar surface area (TPSA) is 34.9 Å². The van der Waals surface area contributed by atoms with Crippen LogP contribution in [-0.2, 0) is 7.05 Å².